The van der Waals surface area contributed by atoms with E-state index in [2.05, 4.69) is 5.43 Å². The highest BCUT2D eigenvalue weighted by Crippen LogP contribution is 2.23. The first-order valence-corrected chi connectivity index (χ1v) is 7.42. The first kappa shape index (κ1) is 16.7. The average molecular weight is 314 g/mol. The lowest BCUT2D eigenvalue weighted by molar-refractivity contribution is -0.121. The smallest absolute Gasteiger partial charge is 0.238 e. The second kappa shape index (κ2) is 8.08. The first-order valence-electron chi connectivity index (χ1n) is 7.42. The molecule has 0 aliphatic heterocycles. The van der Waals surface area contributed by atoms with E-state index < -0.39 is 0 Å². The van der Waals surface area contributed by atoms with Crippen molar-refractivity contribution in [2.75, 3.05) is 26.3 Å². The van der Waals surface area contributed by atoms with Crippen molar-refractivity contribution >= 4 is 11.6 Å². The Hall–Kier alpha value is -2.69. The first-order chi connectivity index (χ1) is 11.1. The molecular weight excluding hydrogens is 292 g/mol. The van der Waals surface area contributed by atoms with E-state index in [-0.39, 0.29) is 5.91 Å². The Morgan fingerprint density at radius 1 is 1.04 bits per heavy atom. The number of rotatable bonds is 7. The molecule has 0 saturated heterocycles. The van der Waals surface area contributed by atoms with Gasteiger partial charge in [0.1, 0.15) is 11.5 Å². The second-order valence-electron chi connectivity index (χ2n) is 5.15. The van der Waals surface area contributed by atoms with Gasteiger partial charge >= 0.3 is 0 Å². The van der Waals surface area contributed by atoms with Crippen molar-refractivity contribution < 1.29 is 14.3 Å². The lowest BCUT2D eigenvalue weighted by Gasteiger charge is -2.20. The van der Waals surface area contributed by atoms with Gasteiger partial charge in [-0.3, -0.25) is 15.2 Å². The van der Waals surface area contributed by atoms with Crippen LogP contribution in [0.15, 0.2) is 48.5 Å². The number of aryl methyl sites for hydroxylation is 1. The number of hydrogen-bond acceptors (Lipinski definition) is 4. The third-order valence-electron chi connectivity index (χ3n) is 3.49. The number of hydrazine groups is 1. The lowest BCUT2D eigenvalue weighted by Crippen LogP contribution is -2.39. The van der Waals surface area contributed by atoms with Gasteiger partial charge in [0.2, 0.25) is 5.91 Å². The molecule has 5 heteroatoms. The maximum atomic E-state index is 12.1. The molecule has 1 N–H and O–H groups in total. The van der Waals surface area contributed by atoms with E-state index in [1.165, 1.54) is 0 Å². The third-order valence-corrected chi connectivity index (χ3v) is 3.49. The Morgan fingerprint density at radius 3 is 2.22 bits per heavy atom. The molecule has 0 unspecified atom stereocenters. The fourth-order valence-electron chi connectivity index (χ4n) is 2.23. The summed E-state index contributed by atoms with van der Waals surface area (Å²) in [6, 6.07) is 15.3. The van der Waals surface area contributed by atoms with Gasteiger partial charge in [-0.25, -0.2) is 0 Å². The van der Waals surface area contributed by atoms with Crippen LogP contribution in [0.5, 0.6) is 11.5 Å². The minimum atomic E-state index is -0.0434. The van der Waals surface area contributed by atoms with Gasteiger partial charge in [0.05, 0.1) is 19.9 Å². The van der Waals surface area contributed by atoms with Crippen molar-refractivity contribution in [3.63, 3.8) is 0 Å². The van der Waals surface area contributed by atoms with Crippen LogP contribution in [0.4, 0.5) is 5.69 Å². The van der Waals surface area contributed by atoms with E-state index in [0.717, 1.165) is 22.7 Å². The summed E-state index contributed by atoms with van der Waals surface area (Å²) in [5.74, 6) is 1.40. The SMILES string of the molecule is COc1cc(CCC(=O)NN(C)c2ccccc2)cc(OC)c1. The van der Waals surface area contributed by atoms with E-state index in [9.17, 15) is 4.79 Å². The van der Waals surface area contributed by atoms with Gasteiger partial charge in [-0.2, -0.15) is 0 Å². The molecule has 0 radical (unpaired) electrons. The van der Waals surface area contributed by atoms with Crippen molar-refractivity contribution in [2.24, 2.45) is 0 Å². The number of para-hydroxylation sites is 1. The van der Waals surface area contributed by atoms with Crippen LogP contribution in [0.2, 0.25) is 0 Å². The highest BCUT2D eigenvalue weighted by Gasteiger charge is 2.08. The highest BCUT2D eigenvalue weighted by atomic mass is 16.5. The van der Waals surface area contributed by atoms with Gasteiger partial charge in [0, 0.05) is 19.5 Å². The largest absolute Gasteiger partial charge is 0.497 e. The van der Waals surface area contributed by atoms with Crippen LogP contribution < -0.4 is 19.9 Å². The van der Waals surface area contributed by atoms with Crippen molar-refractivity contribution in [3.05, 3.63) is 54.1 Å². The van der Waals surface area contributed by atoms with E-state index in [4.69, 9.17) is 9.47 Å². The van der Waals surface area contributed by atoms with Gasteiger partial charge < -0.3 is 9.47 Å². The number of amides is 1. The number of nitrogens with one attached hydrogen (secondary N) is 1. The predicted molar refractivity (Wildman–Crippen MR) is 90.9 cm³/mol. The summed E-state index contributed by atoms with van der Waals surface area (Å²) in [7, 11) is 5.04. The standard InChI is InChI=1S/C18H22N2O3/c1-20(15-7-5-4-6-8-15)19-18(21)10-9-14-11-16(22-2)13-17(12-14)23-3/h4-8,11-13H,9-10H2,1-3H3,(H,19,21). The Morgan fingerprint density at radius 2 is 1.65 bits per heavy atom. The molecule has 1 amide bonds. The lowest BCUT2D eigenvalue weighted by atomic mass is 10.1. The average Bonchev–Trinajstić information content (AvgIpc) is 2.60. The summed E-state index contributed by atoms with van der Waals surface area (Å²) in [4.78, 5) is 12.1. The van der Waals surface area contributed by atoms with E-state index in [1.807, 2.05) is 55.6 Å². The van der Waals surface area contributed by atoms with Gasteiger partial charge in [0.25, 0.3) is 0 Å². The second-order valence-corrected chi connectivity index (χ2v) is 5.15. The minimum Gasteiger partial charge on any atom is -0.497 e. The highest BCUT2D eigenvalue weighted by molar-refractivity contribution is 5.78. The van der Waals surface area contributed by atoms with Crippen molar-refractivity contribution in [1.29, 1.82) is 0 Å². The number of anilines is 1. The molecule has 5 nitrogen and oxygen atoms in total. The molecule has 0 atom stereocenters. The zero-order valence-corrected chi connectivity index (χ0v) is 13.7. The number of carbonyl (C=O) groups is 1. The molecule has 2 aromatic carbocycles. The summed E-state index contributed by atoms with van der Waals surface area (Å²) in [5.41, 5.74) is 4.79. The van der Waals surface area contributed by atoms with Crippen LogP contribution in [0, 0.1) is 0 Å². The fourth-order valence-corrected chi connectivity index (χ4v) is 2.23. The number of hydrogen-bond donors (Lipinski definition) is 1. The summed E-state index contributed by atoms with van der Waals surface area (Å²) < 4.78 is 10.5. The maximum Gasteiger partial charge on any atom is 0.238 e. The Labute approximate surface area is 136 Å². The van der Waals surface area contributed by atoms with Crippen molar-refractivity contribution in [1.82, 2.24) is 5.43 Å². The van der Waals surface area contributed by atoms with Crippen LogP contribution in [-0.4, -0.2) is 27.2 Å². The van der Waals surface area contributed by atoms with Crippen LogP contribution in [0.25, 0.3) is 0 Å². The summed E-state index contributed by atoms with van der Waals surface area (Å²) in [6.07, 6.45) is 0.996. The van der Waals surface area contributed by atoms with Crippen LogP contribution in [0.1, 0.15) is 12.0 Å². The molecule has 0 aliphatic carbocycles. The number of benzene rings is 2. The van der Waals surface area contributed by atoms with E-state index >= 15 is 0 Å². The predicted octanol–water partition coefficient (Wildman–Crippen LogP) is 2.80. The molecule has 0 spiro atoms. The number of methoxy groups -OCH3 is 2. The quantitative estimate of drug-likeness (QED) is 0.799. The molecular formula is C18H22N2O3. The van der Waals surface area contributed by atoms with Crippen LogP contribution >= 0.6 is 0 Å². The van der Waals surface area contributed by atoms with Gasteiger partial charge in [-0.05, 0) is 36.2 Å². The van der Waals surface area contributed by atoms with Crippen LogP contribution in [-0.2, 0) is 11.2 Å². The zero-order chi connectivity index (χ0) is 16.7. The van der Waals surface area contributed by atoms with Crippen molar-refractivity contribution in [3.8, 4) is 11.5 Å². The maximum absolute atomic E-state index is 12.1. The molecule has 0 aliphatic rings. The topological polar surface area (TPSA) is 50.8 Å². The number of carbonyl (C=O) groups excluding carboxylic acids is 1. The molecule has 0 heterocycles. The molecule has 0 fully saturated rings. The third kappa shape index (κ3) is 4.92. The van der Waals surface area contributed by atoms with Gasteiger partial charge in [-0.1, -0.05) is 18.2 Å². The normalized spacial score (nSPS) is 10.0. The molecule has 23 heavy (non-hydrogen) atoms. The van der Waals surface area contributed by atoms with E-state index in [0.29, 0.717) is 12.8 Å². The number of nitrogens with zero attached hydrogens (tertiary/aromatic N) is 1. The molecule has 2 rings (SSSR count). The summed E-state index contributed by atoms with van der Waals surface area (Å²) in [6.45, 7) is 0. The van der Waals surface area contributed by atoms with Gasteiger partial charge in [-0.15, -0.1) is 0 Å². The molecule has 0 bridgehead atoms. The Kier molecular flexibility index (Phi) is 5.86. The van der Waals surface area contributed by atoms with E-state index in [1.54, 1.807) is 19.2 Å². The molecule has 2 aromatic rings. The van der Waals surface area contributed by atoms with Crippen LogP contribution in [0.3, 0.4) is 0 Å². The minimum absolute atomic E-state index is 0.0434. The summed E-state index contributed by atoms with van der Waals surface area (Å²) >= 11 is 0. The number of ether oxygens (including phenoxy) is 2. The zero-order valence-electron chi connectivity index (χ0n) is 13.7. The summed E-state index contributed by atoms with van der Waals surface area (Å²) in [5, 5.41) is 1.72. The molecule has 0 saturated carbocycles. The Balaban J connectivity index is 1.91. The van der Waals surface area contributed by atoms with Gasteiger partial charge in [0.15, 0.2) is 0 Å². The molecule has 122 valence electrons. The Bertz CT molecular complexity index is 622. The molecule has 0 aromatic heterocycles. The van der Waals surface area contributed by atoms with Crippen molar-refractivity contribution in [2.45, 2.75) is 12.8 Å². The fraction of sp³-hybridized carbons (Fsp3) is 0.278. The monoisotopic (exact) mass is 314 g/mol.